The topological polar surface area (TPSA) is 82.1 Å². The molecule has 3 aromatic rings. The zero-order chi connectivity index (χ0) is 21.6. The normalized spacial score (nSPS) is 15.7. The number of benzene rings is 1. The van der Waals surface area contributed by atoms with E-state index in [1.54, 1.807) is 7.05 Å². The van der Waals surface area contributed by atoms with Crippen molar-refractivity contribution in [3.05, 3.63) is 50.7 Å². The number of imidazole rings is 1. The van der Waals surface area contributed by atoms with E-state index in [1.807, 2.05) is 41.5 Å². The van der Waals surface area contributed by atoms with Gasteiger partial charge in [-0.2, -0.15) is 0 Å². The highest BCUT2D eigenvalue weighted by Crippen LogP contribution is 2.33. The van der Waals surface area contributed by atoms with Gasteiger partial charge in [-0.3, -0.25) is 18.7 Å². The number of para-hydroxylation sites is 1. The molecule has 1 aromatic carbocycles. The number of aromatic nitrogens is 4. The second-order valence-corrected chi connectivity index (χ2v) is 8.60. The molecule has 0 N–H and O–H groups in total. The summed E-state index contributed by atoms with van der Waals surface area (Å²) in [5.41, 5.74) is 2.12. The first-order valence-electron chi connectivity index (χ1n) is 10.0. The van der Waals surface area contributed by atoms with Crippen molar-refractivity contribution in [3.63, 3.8) is 0 Å². The molecule has 1 aliphatic heterocycles. The summed E-state index contributed by atoms with van der Waals surface area (Å²) in [5, 5.41) is 0.582. The number of amides is 1. The molecule has 0 radical (unpaired) electrons. The SMILES string of the molecule is CCCn1c(SCC(=O)N2c3ccccc3C[C@@H]2C)nc2c1c(=O)n(C)c(=O)n2C. The summed E-state index contributed by atoms with van der Waals surface area (Å²) in [4.78, 5) is 44.5. The van der Waals surface area contributed by atoms with Gasteiger partial charge in [0.25, 0.3) is 5.56 Å². The minimum atomic E-state index is -0.413. The van der Waals surface area contributed by atoms with Crippen molar-refractivity contribution >= 4 is 34.5 Å². The molecule has 0 saturated heterocycles. The van der Waals surface area contributed by atoms with Crippen LogP contribution in [0.4, 0.5) is 5.69 Å². The number of aryl methyl sites for hydroxylation is 2. The third kappa shape index (κ3) is 3.17. The van der Waals surface area contributed by atoms with Crippen LogP contribution >= 0.6 is 11.8 Å². The molecule has 0 spiro atoms. The lowest BCUT2D eigenvalue weighted by Crippen LogP contribution is -2.37. The van der Waals surface area contributed by atoms with Gasteiger partial charge in [-0.15, -0.1) is 0 Å². The molecule has 2 aromatic heterocycles. The zero-order valence-corrected chi connectivity index (χ0v) is 18.4. The quantitative estimate of drug-likeness (QED) is 0.581. The van der Waals surface area contributed by atoms with E-state index in [-0.39, 0.29) is 23.3 Å². The largest absolute Gasteiger partial charge is 0.332 e. The first-order chi connectivity index (χ1) is 14.3. The Morgan fingerprint density at radius 1 is 1.20 bits per heavy atom. The second kappa shape index (κ2) is 7.79. The van der Waals surface area contributed by atoms with Crippen LogP contribution in [0.25, 0.3) is 11.2 Å². The Morgan fingerprint density at radius 2 is 1.93 bits per heavy atom. The van der Waals surface area contributed by atoms with Crippen molar-refractivity contribution in [1.82, 2.24) is 18.7 Å². The van der Waals surface area contributed by atoms with Crippen LogP contribution in [0.2, 0.25) is 0 Å². The number of anilines is 1. The maximum absolute atomic E-state index is 13.1. The zero-order valence-electron chi connectivity index (χ0n) is 17.6. The Bertz CT molecular complexity index is 1260. The highest BCUT2D eigenvalue weighted by Gasteiger charge is 2.31. The molecule has 30 heavy (non-hydrogen) atoms. The van der Waals surface area contributed by atoms with Crippen LogP contribution in [-0.2, 0) is 31.9 Å². The van der Waals surface area contributed by atoms with Crippen molar-refractivity contribution in [1.29, 1.82) is 0 Å². The van der Waals surface area contributed by atoms with E-state index < -0.39 is 5.69 Å². The number of hydrogen-bond acceptors (Lipinski definition) is 5. The fraction of sp³-hybridized carbons (Fsp3) is 0.429. The Morgan fingerprint density at radius 3 is 2.67 bits per heavy atom. The minimum Gasteiger partial charge on any atom is -0.313 e. The molecule has 1 amide bonds. The van der Waals surface area contributed by atoms with E-state index in [4.69, 9.17) is 0 Å². The van der Waals surface area contributed by atoms with Crippen LogP contribution in [0.5, 0.6) is 0 Å². The van der Waals surface area contributed by atoms with E-state index in [0.29, 0.717) is 22.9 Å². The van der Waals surface area contributed by atoms with Gasteiger partial charge < -0.3 is 9.47 Å². The Kier molecular flexibility index (Phi) is 5.31. The summed E-state index contributed by atoms with van der Waals surface area (Å²) in [6, 6.07) is 8.09. The van der Waals surface area contributed by atoms with Crippen LogP contribution in [0.1, 0.15) is 25.8 Å². The summed E-state index contributed by atoms with van der Waals surface area (Å²) in [7, 11) is 3.08. The minimum absolute atomic E-state index is 0.00865. The molecule has 9 heteroatoms. The molecule has 0 bridgehead atoms. The molecule has 1 aliphatic rings. The molecule has 0 saturated carbocycles. The summed E-state index contributed by atoms with van der Waals surface area (Å²) < 4.78 is 4.31. The fourth-order valence-corrected chi connectivity index (χ4v) is 4.99. The number of carbonyl (C=O) groups excluding carboxylic acids is 1. The third-order valence-electron chi connectivity index (χ3n) is 5.56. The van der Waals surface area contributed by atoms with E-state index in [9.17, 15) is 14.4 Å². The van der Waals surface area contributed by atoms with Crippen molar-refractivity contribution in [2.75, 3.05) is 10.7 Å². The molecule has 3 heterocycles. The number of fused-ring (bicyclic) bond motifs is 2. The lowest BCUT2D eigenvalue weighted by atomic mass is 10.1. The first-order valence-corrected chi connectivity index (χ1v) is 11.0. The highest BCUT2D eigenvalue weighted by atomic mass is 32.2. The average Bonchev–Trinajstić information content (AvgIpc) is 3.26. The third-order valence-corrected chi connectivity index (χ3v) is 6.52. The summed E-state index contributed by atoms with van der Waals surface area (Å²) in [5.74, 6) is 0.217. The van der Waals surface area contributed by atoms with Gasteiger partial charge in [-0.05, 0) is 31.4 Å². The van der Waals surface area contributed by atoms with Gasteiger partial charge in [0.15, 0.2) is 16.3 Å². The smallest absolute Gasteiger partial charge is 0.313 e. The van der Waals surface area contributed by atoms with Crippen molar-refractivity contribution < 1.29 is 4.79 Å². The second-order valence-electron chi connectivity index (χ2n) is 7.66. The number of carbonyl (C=O) groups is 1. The van der Waals surface area contributed by atoms with Gasteiger partial charge in [0, 0.05) is 32.4 Å². The van der Waals surface area contributed by atoms with Gasteiger partial charge >= 0.3 is 5.69 Å². The maximum Gasteiger partial charge on any atom is 0.332 e. The fourth-order valence-electron chi connectivity index (χ4n) is 4.11. The molecule has 0 fully saturated rings. The van der Waals surface area contributed by atoms with Gasteiger partial charge in [0.05, 0.1) is 5.75 Å². The van der Waals surface area contributed by atoms with Crippen LogP contribution in [0.15, 0.2) is 39.0 Å². The van der Waals surface area contributed by atoms with Crippen LogP contribution in [0, 0.1) is 0 Å². The van der Waals surface area contributed by atoms with Gasteiger partial charge in [-0.1, -0.05) is 36.9 Å². The monoisotopic (exact) mass is 427 g/mol. The van der Waals surface area contributed by atoms with Crippen molar-refractivity contribution in [2.45, 2.75) is 44.4 Å². The summed E-state index contributed by atoms with van der Waals surface area (Å²) in [6.45, 7) is 4.65. The summed E-state index contributed by atoms with van der Waals surface area (Å²) >= 11 is 1.31. The Balaban J connectivity index is 1.68. The van der Waals surface area contributed by atoms with E-state index >= 15 is 0 Å². The van der Waals surface area contributed by atoms with E-state index in [2.05, 4.69) is 11.1 Å². The highest BCUT2D eigenvalue weighted by molar-refractivity contribution is 7.99. The van der Waals surface area contributed by atoms with E-state index in [1.165, 1.54) is 28.9 Å². The van der Waals surface area contributed by atoms with E-state index in [0.717, 1.165) is 23.1 Å². The number of hydrogen-bond donors (Lipinski definition) is 0. The van der Waals surface area contributed by atoms with Gasteiger partial charge in [0.2, 0.25) is 5.91 Å². The molecule has 0 aliphatic carbocycles. The maximum atomic E-state index is 13.1. The number of rotatable bonds is 5. The number of thioether (sulfide) groups is 1. The molecule has 4 rings (SSSR count). The van der Waals surface area contributed by atoms with Crippen molar-refractivity contribution in [3.8, 4) is 0 Å². The average molecular weight is 428 g/mol. The standard InChI is InChI=1S/C21H25N5O3S/c1-5-10-25-17-18(23(3)21(29)24(4)19(17)28)22-20(25)30-12-16(27)26-13(2)11-14-8-6-7-9-15(14)26/h6-9,13H,5,10-12H2,1-4H3/t13-/m0/s1. The lowest BCUT2D eigenvalue weighted by molar-refractivity contribution is -0.116. The van der Waals surface area contributed by atoms with Gasteiger partial charge in [0.1, 0.15) is 0 Å². The van der Waals surface area contributed by atoms with Crippen LogP contribution < -0.4 is 16.1 Å². The summed E-state index contributed by atoms with van der Waals surface area (Å²) in [6.07, 6.45) is 1.65. The van der Waals surface area contributed by atoms with Gasteiger partial charge in [-0.25, -0.2) is 9.78 Å². The molecular weight excluding hydrogens is 402 g/mol. The van der Waals surface area contributed by atoms with Crippen molar-refractivity contribution in [2.24, 2.45) is 14.1 Å². The molecule has 1 atom stereocenters. The number of nitrogens with zero attached hydrogens (tertiary/aromatic N) is 5. The predicted molar refractivity (Wildman–Crippen MR) is 118 cm³/mol. The first kappa shape index (κ1) is 20.5. The molecule has 0 unspecified atom stereocenters. The molecular formula is C21H25N5O3S. The van der Waals surface area contributed by atoms with Crippen LogP contribution in [-0.4, -0.2) is 36.4 Å². The Labute approximate surface area is 178 Å². The van der Waals surface area contributed by atoms with Crippen LogP contribution in [0.3, 0.4) is 0 Å². The Hall–Kier alpha value is -2.81. The lowest BCUT2D eigenvalue weighted by Gasteiger charge is -2.22. The molecule has 8 nitrogen and oxygen atoms in total. The predicted octanol–water partition coefficient (Wildman–Crippen LogP) is 1.91. The molecule has 158 valence electrons.